The summed E-state index contributed by atoms with van der Waals surface area (Å²) in [6.45, 7) is 4.23. The minimum atomic E-state index is -1.31. The Morgan fingerprint density at radius 2 is 1.10 bits per heavy atom. The van der Waals surface area contributed by atoms with E-state index in [1.165, 1.54) is 0 Å². The Kier molecular flexibility index (Phi) is 10.7. The highest BCUT2D eigenvalue weighted by Crippen LogP contribution is 2.21. The topological polar surface area (TPSA) is 74.6 Å². The van der Waals surface area contributed by atoms with Gasteiger partial charge in [-0.2, -0.15) is 0 Å². The summed E-state index contributed by atoms with van der Waals surface area (Å²) in [5.41, 5.74) is 0.204. The van der Waals surface area contributed by atoms with E-state index in [2.05, 4.69) is 13.8 Å². The fourth-order valence-corrected chi connectivity index (χ4v) is 2.30. The molecule has 0 aliphatic carbocycles. The Bertz CT molecular complexity index is 301. The third-order valence-corrected chi connectivity index (χ3v) is 3.45. The first-order chi connectivity index (χ1) is 9.54. The third-order valence-electron chi connectivity index (χ3n) is 3.45. The van der Waals surface area contributed by atoms with E-state index in [9.17, 15) is 9.59 Å². The quantitative estimate of drug-likeness (QED) is 0.241. The highest BCUT2D eigenvalue weighted by Gasteiger charge is 2.21. The van der Waals surface area contributed by atoms with Crippen LogP contribution in [0, 0.1) is 0 Å². The van der Waals surface area contributed by atoms with Crippen molar-refractivity contribution < 1.29 is 19.8 Å². The number of hydrogen-bond acceptors (Lipinski definition) is 2. The van der Waals surface area contributed by atoms with Gasteiger partial charge in [-0.05, 0) is 31.3 Å². The van der Waals surface area contributed by atoms with Crippen LogP contribution in [0.1, 0.15) is 78.1 Å². The van der Waals surface area contributed by atoms with Crippen LogP contribution in [0.3, 0.4) is 0 Å². The number of aliphatic carboxylic acids is 2. The van der Waals surface area contributed by atoms with Gasteiger partial charge >= 0.3 is 11.9 Å². The summed E-state index contributed by atoms with van der Waals surface area (Å²) in [6, 6.07) is 0. The summed E-state index contributed by atoms with van der Waals surface area (Å²) < 4.78 is 0. The van der Waals surface area contributed by atoms with Gasteiger partial charge in [-0.15, -0.1) is 0 Å². The van der Waals surface area contributed by atoms with Gasteiger partial charge in [-0.3, -0.25) is 0 Å². The molecule has 2 N–H and O–H groups in total. The van der Waals surface area contributed by atoms with Gasteiger partial charge < -0.3 is 10.2 Å². The zero-order chi connectivity index (χ0) is 15.4. The monoisotopic (exact) mass is 284 g/mol. The lowest BCUT2D eigenvalue weighted by Crippen LogP contribution is -2.14. The Labute approximate surface area is 121 Å². The fraction of sp³-hybridized carbons (Fsp3) is 0.750. The fourth-order valence-electron chi connectivity index (χ4n) is 2.30. The average Bonchev–Trinajstić information content (AvgIpc) is 2.38. The van der Waals surface area contributed by atoms with Crippen molar-refractivity contribution in [3.63, 3.8) is 0 Å². The van der Waals surface area contributed by atoms with E-state index in [-0.39, 0.29) is 0 Å². The van der Waals surface area contributed by atoms with E-state index in [0.29, 0.717) is 18.4 Å². The van der Waals surface area contributed by atoms with Gasteiger partial charge in [-0.1, -0.05) is 52.4 Å². The van der Waals surface area contributed by atoms with Crippen molar-refractivity contribution in [2.24, 2.45) is 0 Å². The maximum Gasteiger partial charge on any atom is 0.343 e. The molecule has 0 aromatic carbocycles. The number of rotatable bonds is 12. The number of carbonyl (C=O) groups is 2. The highest BCUT2D eigenvalue weighted by atomic mass is 16.4. The van der Waals surface area contributed by atoms with E-state index < -0.39 is 17.5 Å². The summed E-state index contributed by atoms with van der Waals surface area (Å²) in [5, 5.41) is 18.2. The first-order valence-corrected chi connectivity index (χ1v) is 7.73. The normalized spacial score (nSPS) is 10.3. The summed E-state index contributed by atoms with van der Waals surface area (Å²) in [6.07, 6.45) is 9.45. The summed E-state index contributed by atoms with van der Waals surface area (Å²) in [4.78, 5) is 22.2. The summed E-state index contributed by atoms with van der Waals surface area (Å²) in [5.74, 6) is -2.61. The molecule has 4 nitrogen and oxygen atoms in total. The molecule has 0 aromatic rings. The van der Waals surface area contributed by atoms with Gasteiger partial charge in [0.1, 0.15) is 5.57 Å². The Morgan fingerprint density at radius 3 is 1.40 bits per heavy atom. The van der Waals surface area contributed by atoms with Crippen LogP contribution >= 0.6 is 0 Å². The van der Waals surface area contributed by atoms with Crippen molar-refractivity contribution in [3.8, 4) is 0 Å². The molecule has 0 bridgehead atoms. The van der Waals surface area contributed by atoms with Gasteiger partial charge in [0.15, 0.2) is 0 Å². The summed E-state index contributed by atoms with van der Waals surface area (Å²) in [7, 11) is 0. The standard InChI is InChI=1S/C16H28O4/c1-3-5-7-9-11-13(12-10-8-6-4-2)14(15(17)18)16(19)20/h3-12H2,1-2H3,(H,17,18)(H,19,20). The van der Waals surface area contributed by atoms with Crippen LogP contribution < -0.4 is 0 Å². The molecule has 0 saturated heterocycles. The predicted octanol–water partition coefficient (Wildman–Crippen LogP) is 4.39. The minimum absolute atomic E-state index is 0.405. The van der Waals surface area contributed by atoms with Gasteiger partial charge in [0, 0.05) is 0 Å². The molecule has 4 heteroatoms. The maximum absolute atomic E-state index is 11.1. The second-order valence-electron chi connectivity index (χ2n) is 5.21. The molecule has 0 saturated carbocycles. The Balaban J connectivity index is 4.69. The lowest BCUT2D eigenvalue weighted by atomic mass is 9.95. The van der Waals surface area contributed by atoms with E-state index in [4.69, 9.17) is 10.2 Å². The largest absolute Gasteiger partial charge is 0.477 e. The molecule has 0 heterocycles. The smallest absolute Gasteiger partial charge is 0.343 e. The molecule has 0 radical (unpaired) electrons. The van der Waals surface area contributed by atoms with Gasteiger partial charge in [0.25, 0.3) is 0 Å². The van der Waals surface area contributed by atoms with Crippen molar-refractivity contribution in [1.29, 1.82) is 0 Å². The Hall–Kier alpha value is -1.32. The molecule has 0 atom stereocenters. The number of unbranched alkanes of at least 4 members (excludes halogenated alkanes) is 6. The van der Waals surface area contributed by atoms with Crippen molar-refractivity contribution in [2.75, 3.05) is 0 Å². The molecule has 0 aliphatic heterocycles. The zero-order valence-electron chi connectivity index (χ0n) is 12.8. The van der Waals surface area contributed by atoms with Crippen LogP contribution in [-0.4, -0.2) is 22.2 Å². The van der Waals surface area contributed by atoms with Crippen LogP contribution in [0.25, 0.3) is 0 Å². The van der Waals surface area contributed by atoms with Crippen LogP contribution in [0.15, 0.2) is 11.1 Å². The molecular weight excluding hydrogens is 256 g/mol. The molecule has 0 amide bonds. The first-order valence-electron chi connectivity index (χ1n) is 7.73. The molecule has 0 rings (SSSR count). The van der Waals surface area contributed by atoms with E-state index in [1.807, 2.05) is 0 Å². The van der Waals surface area contributed by atoms with E-state index >= 15 is 0 Å². The van der Waals surface area contributed by atoms with Gasteiger partial charge in [0.05, 0.1) is 0 Å². The lowest BCUT2D eigenvalue weighted by molar-refractivity contribution is -0.140. The Morgan fingerprint density at radius 1 is 0.700 bits per heavy atom. The SMILES string of the molecule is CCCCCCC(CCCCCC)=C(C(=O)O)C(=O)O. The molecule has 0 unspecified atom stereocenters. The predicted molar refractivity (Wildman–Crippen MR) is 79.8 cm³/mol. The van der Waals surface area contributed by atoms with Gasteiger partial charge in [-0.25, -0.2) is 9.59 Å². The molecular formula is C16H28O4. The number of carboxylic acid groups (broad SMARTS) is 2. The average molecular weight is 284 g/mol. The van der Waals surface area contributed by atoms with E-state index in [0.717, 1.165) is 51.4 Å². The maximum atomic E-state index is 11.1. The molecule has 116 valence electrons. The first kappa shape index (κ1) is 18.7. The zero-order valence-corrected chi connectivity index (χ0v) is 12.8. The second kappa shape index (κ2) is 11.5. The molecule has 20 heavy (non-hydrogen) atoms. The summed E-state index contributed by atoms with van der Waals surface area (Å²) >= 11 is 0. The van der Waals surface area contributed by atoms with Gasteiger partial charge in [0.2, 0.25) is 0 Å². The second-order valence-corrected chi connectivity index (χ2v) is 5.21. The number of allylic oxidation sites excluding steroid dienone is 1. The van der Waals surface area contributed by atoms with Crippen LogP contribution in [0.4, 0.5) is 0 Å². The van der Waals surface area contributed by atoms with Crippen molar-refractivity contribution in [3.05, 3.63) is 11.1 Å². The number of carboxylic acids is 2. The van der Waals surface area contributed by atoms with Crippen LogP contribution in [0.2, 0.25) is 0 Å². The molecule has 0 aliphatic rings. The van der Waals surface area contributed by atoms with Crippen LogP contribution in [-0.2, 0) is 9.59 Å². The van der Waals surface area contributed by atoms with Crippen molar-refractivity contribution in [1.82, 2.24) is 0 Å². The highest BCUT2D eigenvalue weighted by molar-refractivity contribution is 6.13. The lowest BCUT2D eigenvalue weighted by Gasteiger charge is -2.10. The molecule has 0 fully saturated rings. The van der Waals surface area contributed by atoms with Crippen molar-refractivity contribution in [2.45, 2.75) is 78.1 Å². The molecule has 0 spiro atoms. The third kappa shape index (κ3) is 7.97. The number of hydrogen-bond donors (Lipinski definition) is 2. The molecule has 0 aromatic heterocycles. The van der Waals surface area contributed by atoms with Crippen LogP contribution in [0.5, 0.6) is 0 Å². The van der Waals surface area contributed by atoms with Crippen molar-refractivity contribution >= 4 is 11.9 Å². The van der Waals surface area contributed by atoms with E-state index in [1.54, 1.807) is 0 Å². The minimum Gasteiger partial charge on any atom is -0.477 e.